The number of rotatable bonds is 4. The van der Waals surface area contributed by atoms with E-state index in [-0.39, 0.29) is 0 Å². The maximum atomic E-state index is 6.11. The van der Waals surface area contributed by atoms with Crippen molar-refractivity contribution < 1.29 is 9.26 Å². The molecule has 0 radical (unpaired) electrons. The molecule has 0 aromatic carbocycles. The molecule has 1 aromatic heterocycles. The molecule has 0 spiro atoms. The first-order valence-electron chi connectivity index (χ1n) is 6.75. The third-order valence-corrected chi connectivity index (χ3v) is 3.60. The summed E-state index contributed by atoms with van der Waals surface area (Å²) in [5, 5.41) is 4.02. The Bertz CT molecular complexity index is 368. The number of hydrogen-bond acceptors (Lipinski definition) is 5. The standard InChI is InChI=1S/C13H23N3O2/c1-13(14,9-17-2)12-15-11(18-16-12)10-7-5-3-4-6-8-10/h10H,3-9,14H2,1-2H3. The van der Waals surface area contributed by atoms with E-state index < -0.39 is 5.54 Å². The first kappa shape index (κ1) is 13.5. The molecule has 0 bridgehead atoms. The summed E-state index contributed by atoms with van der Waals surface area (Å²) in [4.78, 5) is 4.48. The van der Waals surface area contributed by atoms with Crippen LogP contribution in [-0.2, 0) is 10.3 Å². The van der Waals surface area contributed by atoms with Crippen LogP contribution in [0.25, 0.3) is 0 Å². The van der Waals surface area contributed by atoms with Gasteiger partial charge in [0.2, 0.25) is 5.89 Å². The van der Waals surface area contributed by atoms with Gasteiger partial charge in [0, 0.05) is 13.0 Å². The third-order valence-electron chi connectivity index (χ3n) is 3.60. The summed E-state index contributed by atoms with van der Waals surface area (Å²) in [7, 11) is 1.62. The van der Waals surface area contributed by atoms with Gasteiger partial charge in [0.15, 0.2) is 5.82 Å². The zero-order valence-electron chi connectivity index (χ0n) is 11.3. The summed E-state index contributed by atoms with van der Waals surface area (Å²) in [6.07, 6.45) is 7.42. The van der Waals surface area contributed by atoms with Crippen molar-refractivity contribution in [3.63, 3.8) is 0 Å². The molecule has 1 saturated carbocycles. The van der Waals surface area contributed by atoms with Crippen molar-refractivity contribution in [2.24, 2.45) is 5.73 Å². The fraction of sp³-hybridized carbons (Fsp3) is 0.846. The van der Waals surface area contributed by atoms with Gasteiger partial charge in [-0.25, -0.2) is 0 Å². The zero-order chi connectivity index (χ0) is 13.0. The van der Waals surface area contributed by atoms with Crippen molar-refractivity contribution in [1.29, 1.82) is 0 Å². The van der Waals surface area contributed by atoms with Crippen LogP contribution in [-0.4, -0.2) is 23.9 Å². The Morgan fingerprint density at radius 1 is 1.33 bits per heavy atom. The number of hydrogen-bond donors (Lipinski definition) is 1. The highest BCUT2D eigenvalue weighted by Crippen LogP contribution is 2.31. The van der Waals surface area contributed by atoms with Crippen LogP contribution in [0.2, 0.25) is 0 Å². The Morgan fingerprint density at radius 3 is 2.61 bits per heavy atom. The van der Waals surface area contributed by atoms with Crippen LogP contribution < -0.4 is 5.73 Å². The second kappa shape index (κ2) is 5.80. The highest BCUT2D eigenvalue weighted by atomic mass is 16.5. The minimum Gasteiger partial charge on any atom is -0.382 e. The van der Waals surface area contributed by atoms with Crippen molar-refractivity contribution in [2.75, 3.05) is 13.7 Å². The minimum atomic E-state index is -0.679. The molecule has 2 rings (SSSR count). The molecule has 5 heteroatoms. The predicted octanol–water partition coefficient (Wildman–Crippen LogP) is 2.33. The Morgan fingerprint density at radius 2 is 2.00 bits per heavy atom. The molecule has 0 aliphatic heterocycles. The Kier molecular flexibility index (Phi) is 4.35. The molecule has 102 valence electrons. The van der Waals surface area contributed by atoms with Gasteiger partial charge < -0.3 is 15.0 Å². The van der Waals surface area contributed by atoms with Gasteiger partial charge in [-0.15, -0.1) is 0 Å². The van der Waals surface area contributed by atoms with Crippen molar-refractivity contribution in [2.45, 2.75) is 56.9 Å². The van der Waals surface area contributed by atoms with E-state index in [9.17, 15) is 0 Å². The lowest BCUT2D eigenvalue weighted by Crippen LogP contribution is -2.39. The summed E-state index contributed by atoms with van der Waals surface area (Å²) in [5.74, 6) is 1.70. The fourth-order valence-electron chi connectivity index (χ4n) is 2.52. The van der Waals surface area contributed by atoms with E-state index in [0.29, 0.717) is 18.3 Å². The average Bonchev–Trinajstić information content (AvgIpc) is 2.67. The van der Waals surface area contributed by atoms with E-state index in [0.717, 1.165) is 18.7 Å². The number of methoxy groups -OCH3 is 1. The van der Waals surface area contributed by atoms with E-state index in [1.54, 1.807) is 7.11 Å². The molecule has 2 N–H and O–H groups in total. The second-order valence-electron chi connectivity index (χ2n) is 5.50. The number of aromatic nitrogens is 2. The molecule has 1 heterocycles. The molecule has 5 nitrogen and oxygen atoms in total. The second-order valence-corrected chi connectivity index (χ2v) is 5.50. The van der Waals surface area contributed by atoms with Crippen molar-refractivity contribution in [3.8, 4) is 0 Å². The first-order chi connectivity index (χ1) is 8.63. The molecular formula is C13H23N3O2. The summed E-state index contributed by atoms with van der Waals surface area (Å²) >= 11 is 0. The Labute approximate surface area is 108 Å². The summed E-state index contributed by atoms with van der Waals surface area (Å²) in [6.45, 7) is 2.24. The largest absolute Gasteiger partial charge is 0.382 e. The average molecular weight is 253 g/mol. The molecule has 1 atom stereocenters. The van der Waals surface area contributed by atoms with Crippen LogP contribution in [0.4, 0.5) is 0 Å². The molecule has 1 unspecified atom stereocenters. The molecular weight excluding hydrogens is 230 g/mol. The first-order valence-corrected chi connectivity index (χ1v) is 6.75. The normalized spacial score (nSPS) is 21.5. The topological polar surface area (TPSA) is 74.2 Å². The highest BCUT2D eigenvalue weighted by molar-refractivity contribution is 5.04. The molecule has 0 saturated heterocycles. The van der Waals surface area contributed by atoms with Gasteiger partial charge in [-0.05, 0) is 19.8 Å². The van der Waals surface area contributed by atoms with Crippen LogP contribution in [0.1, 0.15) is 63.1 Å². The molecule has 0 amide bonds. The smallest absolute Gasteiger partial charge is 0.229 e. The fourth-order valence-corrected chi connectivity index (χ4v) is 2.52. The zero-order valence-corrected chi connectivity index (χ0v) is 11.3. The number of ether oxygens (including phenoxy) is 1. The lowest BCUT2D eigenvalue weighted by Gasteiger charge is -2.18. The highest BCUT2D eigenvalue weighted by Gasteiger charge is 2.29. The minimum absolute atomic E-state index is 0.386. The van der Waals surface area contributed by atoms with E-state index in [4.69, 9.17) is 15.0 Å². The number of nitrogens with two attached hydrogens (primary N) is 1. The van der Waals surface area contributed by atoms with Crippen LogP contribution in [0.15, 0.2) is 4.52 Å². The summed E-state index contributed by atoms with van der Waals surface area (Å²) in [5.41, 5.74) is 5.43. The van der Waals surface area contributed by atoms with Crippen LogP contribution in [0, 0.1) is 0 Å². The van der Waals surface area contributed by atoms with Crippen molar-refractivity contribution in [1.82, 2.24) is 10.1 Å². The van der Waals surface area contributed by atoms with Crippen molar-refractivity contribution >= 4 is 0 Å². The lowest BCUT2D eigenvalue weighted by molar-refractivity contribution is 0.135. The van der Waals surface area contributed by atoms with Crippen LogP contribution in [0.3, 0.4) is 0 Å². The van der Waals surface area contributed by atoms with Gasteiger partial charge >= 0.3 is 0 Å². The maximum Gasteiger partial charge on any atom is 0.229 e. The molecule has 1 aromatic rings. The van der Waals surface area contributed by atoms with Crippen molar-refractivity contribution in [3.05, 3.63) is 11.7 Å². The Balaban J connectivity index is 2.09. The molecule has 18 heavy (non-hydrogen) atoms. The van der Waals surface area contributed by atoms with Gasteiger partial charge in [0.05, 0.1) is 6.61 Å². The monoisotopic (exact) mass is 253 g/mol. The number of nitrogens with zero attached hydrogens (tertiary/aromatic N) is 2. The van der Waals surface area contributed by atoms with E-state index in [1.165, 1.54) is 25.7 Å². The van der Waals surface area contributed by atoms with Gasteiger partial charge in [0.1, 0.15) is 5.54 Å². The lowest BCUT2D eigenvalue weighted by atomic mass is 10.00. The van der Waals surface area contributed by atoms with Gasteiger partial charge in [-0.1, -0.05) is 30.8 Å². The maximum absolute atomic E-state index is 6.11. The third kappa shape index (κ3) is 3.09. The van der Waals surface area contributed by atoms with Gasteiger partial charge in [0.25, 0.3) is 0 Å². The predicted molar refractivity (Wildman–Crippen MR) is 68.2 cm³/mol. The van der Waals surface area contributed by atoms with E-state index >= 15 is 0 Å². The van der Waals surface area contributed by atoms with Gasteiger partial charge in [-0.2, -0.15) is 4.98 Å². The van der Waals surface area contributed by atoms with E-state index in [2.05, 4.69) is 10.1 Å². The quantitative estimate of drug-likeness (QED) is 0.833. The van der Waals surface area contributed by atoms with E-state index in [1.807, 2.05) is 6.92 Å². The molecule has 1 aliphatic rings. The van der Waals surface area contributed by atoms with Gasteiger partial charge in [-0.3, -0.25) is 0 Å². The SMILES string of the molecule is COCC(C)(N)c1noc(C2CCCCCC2)n1. The molecule has 1 aliphatic carbocycles. The summed E-state index contributed by atoms with van der Waals surface area (Å²) < 4.78 is 10.5. The Hall–Kier alpha value is -0.940. The van der Waals surface area contributed by atoms with Crippen LogP contribution >= 0.6 is 0 Å². The van der Waals surface area contributed by atoms with Crippen LogP contribution in [0.5, 0.6) is 0 Å². The summed E-state index contributed by atoms with van der Waals surface area (Å²) in [6, 6.07) is 0. The molecule has 1 fully saturated rings.